The molecule has 5 heteroatoms. The number of carbonyl (C=O) groups excluding carboxylic acids is 1. The van der Waals surface area contributed by atoms with E-state index in [9.17, 15) is 4.79 Å². The van der Waals surface area contributed by atoms with Crippen LogP contribution in [-0.2, 0) is 0 Å². The highest BCUT2D eigenvalue weighted by atomic mass is 35.5. The fourth-order valence-corrected chi connectivity index (χ4v) is 2.74. The maximum absolute atomic E-state index is 11.9. The summed E-state index contributed by atoms with van der Waals surface area (Å²) >= 11 is 7.26. The minimum absolute atomic E-state index is 0.0321. The Hall–Kier alpha value is -0.610. The molecule has 0 radical (unpaired) electrons. The van der Waals surface area contributed by atoms with Gasteiger partial charge in [-0.15, -0.1) is 22.9 Å². The smallest absolute Gasteiger partial charge is 0.263 e. The largest absolute Gasteiger partial charge is 0.345 e. The van der Waals surface area contributed by atoms with Crippen molar-refractivity contribution in [3.8, 4) is 0 Å². The molecule has 2 rings (SSSR count). The summed E-state index contributed by atoms with van der Waals surface area (Å²) in [4.78, 5) is 16.7. The monoisotopic (exact) mass is 244 g/mol. The van der Waals surface area contributed by atoms with E-state index < -0.39 is 0 Å². The molecule has 15 heavy (non-hydrogen) atoms. The second-order valence-corrected chi connectivity index (χ2v) is 5.11. The number of thiazole rings is 1. The van der Waals surface area contributed by atoms with Gasteiger partial charge in [0.05, 0.1) is 16.7 Å². The Balaban J connectivity index is 2.07. The van der Waals surface area contributed by atoms with Crippen LogP contribution in [0.3, 0.4) is 0 Å². The van der Waals surface area contributed by atoms with E-state index in [0.717, 1.165) is 25.0 Å². The molecule has 0 bridgehead atoms. The molecule has 1 aromatic rings. The maximum atomic E-state index is 11.9. The lowest BCUT2D eigenvalue weighted by Gasteiger charge is -2.40. The highest BCUT2D eigenvalue weighted by Crippen LogP contribution is 2.33. The highest BCUT2D eigenvalue weighted by molar-refractivity contribution is 7.11. The minimum atomic E-state index is -0.158. The number of aryl methyl sites for hydroxylation is 1. The van der Waals surface area contributed by atoms with Crippen LogP contribution in [0.5, 0.6) is 0 Å². The van der Waals surface area contributed by atoms with E-state index in [4.69, 9.17) is 11.6 Å². The third kappa shape index (κ3) is 2.01. The van der Waals surface area contributed by atoms with E-state index in [2.05, 4.69) is 10.3 Å². The Labute approximate surface area is 97.9 Å². The van der Waals surface area contributed by atoms with Crippen LogP contribution in [0, 0.1) is 6.92 Å². The van der Waals surface area contributed by atoms with Crippen LogP contribution >= 0.6 is 22.9 Å². The number of halogens is 1. The zero-order valence-electron chi connectivity index (χ0n) is 8.55. The first-order valence-corrected chi connectivity index (χ1v) is 6.37. The fraction of sp³-hybridized carbons (Fsp3) is 0.600. The molecule has 1 saturated carbocycles. The van der Waals surface area contributed by atoms with Crippen LogP contribution in [-0.4, -0.2) is 22.3 Å². The molecule has 0 spiro atoms. The average Bonchev–Trinajstić information content (AvgIpc) is 2.58. The van der Waals surface area contributed by atoms with Crippen LogP contribution in [0.15, 0.2) is 5.51 Å². The Bertz CT molecular complexity index is 368. The first-order chi connectivity index (χ1) is 7.17. The molecular formula is C10H13ClN2OS. The van der Waals surface area contributed by atoms with Crippen LogP contribution in [0.25, 0.3) is 0 Å². The quantitative estimate of drug-likeness (QED) is 0.830. The molecule has 1 heterocycles. The number of aromatic nitrogens is 1. The van der Waals surface area contributed by atoms with E-state index in [1.807, 2.05) is 6.92 Å². The van der Waals surface area contributed by atoms with Gasteiger partial charge in [-0.2, -0.15) is 0 Å². The SMILES string of the molecule is Cc1ncsc1C(=O)NC1(CCl)CCC1. The summed E-state index contributed by atoms with van der Waals surface area (Å²) in [7, 11) is 0. The number of rotatable bonds is 3. The number of alkyl halides is 1. The van der Waals surface area contributed by atoms with Gasteiger partial charge in [-0.3, -0.25) is 4.79 Å². The van der Waals surface area contributed by atoms with Crippen molar-refractivity contribution >= 4 is 28.8 Å². The van der Waals surface area contributed by atoms with Crippen LogP contribution in [0.4, 0.5) is 0 Å². The van der Waals surface area contributed by atoms with Crippen molar-refractivity contribution in [3.05, 3.63) is 16.1 Å². The first kappa shape index (κ1) is 10.9. The predicted octanol–water partition coefficient (Wildman–Crippen LogP) is 2.34. The molecule has 0 aromatic carbocycles. The van der Waals surface area contributed by atoms with Crippen molar-refractivity contribution in [2.75, 3.05) is 5.88 Å². The Morgan fingerprint density at radius 2 is 2.47 bits per heavy atom. The summed E-state index contributed by atoms with van der Waals surface area (Å²) in [5.74, 6) is 0.465. The zero-order chi connectivity index (χ0) is 10.9. The van der Waals surface area contributed by atoms with E-state index in [0.29, 0.717) is 10.8 Å². The molecular weight excluding hydrogens is 232 g/mol. The first-order valence-electron chi connectivity index (χ1n) is 4.95. The number of nitrogens with zero attached hydrogens (tertiary/aromatic N) is 1. The van der Waals surface area contributed by atoms with E-state index in [1.54, 1.807) is 5.51 Å². The summed E-state index contributed by atoms with van der Waals surface area (Å²) in [5.41, 5.74) is 2.33. The number of amides is 1. The molecule has 0 unspecified atom stereocenters. The third-order valence-corrected chi connectivity index (χ3v) is 4.34. The van der Waals surface area contributed by atoms with Crippen molar-refractivity contribution in [1.29, 1.82) is 0 Å². The number of carbonyl (C=O) groups is 1. The standard InChI is InChI=1S/C10H13ClN2OS/c1-7-8(15-6-12-7)9(14)13-10(5-11)3-2-4-10/h6H,2-5H2,1H3,(H,13,14). The van der Waals surface area contributed by atoms with Gasteiger partial charge in [-0.1, -0.05) is 0 Å². The second-order valence-electron chi connectivity index (χ2n) is 3.99. The van der Waals surface area contributed by atoms with Gasteiger partial charge in [0.1, 0.15) is 4.88 Å². The van der Waals surface area contributed by atoms with E-state index >= 15 is 0 Å². The molecule has 0 aliphatic heterocycles. The van der Waals surface area contributed by atoms with Crippen molar-refractivity contribution in [1.82, 2.24) is 10.3 Å². The Morgan fingerprint density at radius 1 is 1.73 bits per heavy atom. The van der Waals surface area contributed by atoms with Gasteiger partial charge < -0.3 is 5.32 Å². The van der Waals surface area contributed by atoms with Crippen LogP contribution in [0.1, 0.15) is 34.6 Å². The van der Waals surface area contributed by atoms with Crippen molar-refractivity contribution in [2.24, 2.45) is 0 Å². The minimum Gasteiger partial charge on any atom is -0.345 e. The second kappa shape index (κ2) is 4.10. The number of hydrogen-bond donors (Lipinski definition) is 1. The molecule has 1 amide bonds. The molecule has 1 aromatic heterocycles. The molecule has 0 atom stereocenters. The van der Waals surface area contributed by atoms with Crippen molar-refractivity contribution < 1.29 is 4.79 Å². The fourth-order valence-electron chi connectivity index (χ4n) is 1.71. The van der Waals surface area contributed by atoms with Gasteiger partial charge >= 0.3 is 0 Å². The average molecular weight is 245 g/mol. The molecule has 1 N–H and O–H groups in total. The lowest BCUT2D eigenvalue weighted by molar-refractivity contribution is 0.0857. The van der Waals surface area contributed by atoms with Crippen molar-refractivity contribution in [2.45, 2.75) is 31.7 Å². The van der Waals surface area contributed by atoms with Gasteiger partial charge in [0.25, 0.3) is 5.91 Å². The molecule has 0 saturated heterocycles. The molecule has 1 aliphatic rings. The predicted molar refractivity (Wildman–Crippen MR) is 61.6 cm³/mol. The number of nitrogens with one attached hydrogen (secondary N) is 1. The summed E-state index contributed by atoms with van der Waals surface area (Å²) in [6, 6.07) is 0. The number of hydrogen-bond acceptors (Lipinski definition) is 3. The zero-order valence-corrected chi connectivity index (χ0v) is 10.1. The Morgan fingerprint density at radius 3 is 2.87 bits per heavy atom. The van der Waals surface area contributed by atoms with E-state index in [-0.39, 0.29) is 11.4 Å². The summed E-state index contributed by atoms with van der Waals surface area (Å²) in [6.07, 6.45) is 3.12. The van der Waals surface area contributed by atoms with Gasteiger partial charge in [0.2, 0.25) is 0 Å². The molecule has 3 nitrogen and oxygen atoms in total. The van der Waals surface area contributed by atoms with E-state index in [1.165, 1.54) is 11.3 Å². The molecule has 82 valence electrons. The van der Waals surface area contributed by atoms with Gasteiger partial charge in [0, 0.05) is 5.88 Å². The topological polar surface area (TPSA) is 42.0 Å². The van der Waals surface area contributed by atoms with Gasteiger partial charge in [-0.25, -0.2) is 4.98 Å². The maximum Gasteiger partial charge on any atom is 0.263 e. The third-order valence-electron chi connectivity index (χ3n) is 2.90. The highest BCUT2D eigenvalue weighted by Gasteiger charge is 2.38. The lowest BCUT2D eigenvalue weighted by atomic mass is 9.78. The lowest BCUT2D eigenvalue weighted by Crippen LogP contribution is -2.54. The van der Waals surface area contributed by atoms with Crippen LogP contribution in [0.2, 0.25) is 0 Å². The summed E-state index contributed by atoms with van der Waals surface area (Å²) in [5, 5.41) is 3.02. The van der Waals surface area contributed by atoms with Crippen LogP contribution < -0.4 is 5.32 Å². The Kier molecular flexibility index (Phi) is 2.98. The normalized spacial score (nSPS) is 18.3. The molecule has 1 fully saturated rings. The van der Waals surface area contributed by atoms with Crippen molar-refractivity contribution in [3.63, 3.8) is 0 Å². The summed E-state index contributed by atoms with van der Waals surface area (Å²) in [6.45, 7) is 1.85. The molecule has 1 aliphatic carbocycles. The van der Waals surface area contributed by atoms with Gasteiger partial charge in [-0.05, 0) is 26.2 Å². The van der Waals surface area contributed by atoms with Gasteiger partial charge in [0.15, 0.2) is 0 Å². The summed E-state index contributed by atoms with van der Waals surface area (Å²) < 4.78 is 0.